The zero-order chi connectivity index (χ0) is 22.5. The van der Waals surface area contributed by atoms with Gasteiger partial charge in [0, 0.05) is 6.54 Å². The van der Waals surface area contributed by atoms with E-state index in [1.165, 1.54) is 30.4 Å². The van der Waals surface area contributed by atoms with E-state index < -0.39 is 0 Å². The molecule has 5 heteroatoms. The first-order chi connectivity index (χ1) is 16.1. The van der Waals surface area contributed by atoms with Crippen LogP contribution in [0.2, 0.25) is 0 Å². The van der Waals surface area contributed by atoms with Crippen LogP contribution in [0.1, 0.15) is 49.7 Å². The Hall–Kier alpha value is -2.69. The normalized spacial score (nSPS) is 31.3. The molecule has 7 rings (SSSR count). The average Bonchev–Trinajstić information content (AvgIpc) is 2.83. The summed E-state index contributed by atoms with van der Waals surface area (Å²) in [5.74, 6) is 4.12. The van der Waals surface area contributed by atoms with E-state index >= 15 is 0 Å². The summed E-state index contributed by atoms with van der Waals surface area (Å²) < 4.78 is 16.7. The summed E-state index contributed by atoms with van der Waals surface area (Å²) in [4.78, 5) is 13.6. The highest BCUT2D eigenvalue weighted by molar-refractivity contribution is 5.83. The molecule has 0 radical (unpaired) electrons. The van der Waals surface area contributed by atoms with Crippen molar-refractivity contribution in [3.05, 3.63) is 53.6 Å². The van der Waals surface area contributed by atoms with Crippen LogP contribution in [0.25, 0.3) is 0 Å². The molecule has 1 heterocycles. The van der Waals surface area contributed by atoms with Gasteiger partial charge in [0.2, 0.25) is 5.91 Å². The molecule has 0 spiro atoms. The minimum Gasteiger partial charge on any atom is -0.497 e. The second-order valence-corrected chi connectivity index (χ2v) is 10.7. The quantitative estimate of drug-likeness (QED) is 0.700. The first kappa shape index (κ1) is 20.9. The topological polar surface area (TPSA) is 56.8 Å². The maximum absolute atomic E-state index is 13.6. The number of carbonyl (C=O) groups excluding carboxylic acids is 1. The molecule has 0 aromatic heterocycles. The van der Waals surface area contributed by atoms with Gasteiger partial charge < -0.3 is 19.5 Å². The van der Waals surface area contributed by atoms with Crippen LogP contribution in [0.5, 0.6) is 17.2 Å². The highest BCUT2D eigenvalue weighted by Crippen LogP contribution is 2.65. The molecule has 1 amide bonds. The minimum absolute atomic E-state index is 0.142. The number of hydrogen-bond donors (Lipinski definition) is 1. The SMILES string of the molecule is COc1ccc(C23C[C@@H]4C[C@H](CC(C(=O)NCCc5ccc6c(c5)OCCO6)(C4)C2)C3)cc1. The number of fused-ring (bicyclic) bond motifs is 1. The number of amides is 1. The Morgan fingerprint density at radius 2 is 1.73 bits per heavy atom. The second kappa shape index (κ2) is 7.96. The monoisotopic (exact) mass is 447 g/mol. The van der Waals surface area contributed by atoms with Gasteiger partial charge in [-0.05, 0) is 97.6 Å². The molecular weight excluding hydrogens is 414 g/mol. The summed E-state index contributed by atoms with van der Waals surface area (Å²) in [6.45, 7) is 1.85. The Balaban J connectivity index is 1.16. The molecule has 2 atom stereocenters. The number of rotatable bonds is 6. The molecule has 174 valence electrons. The Morgan fingerprint density at radius 1 is 1.00 bits per heavy atom. The summed E-state index contributed by atoms with van der Waals surface area (Å²) >= 11 is 0. The number of ether oxygens (including phenoxy) is 3. The fourth-order valence-corrected chi connectivity index (χ4v) is 7.56. The molecule has 1 N–H and O–H groups in total. The predicted molar refractivity (Wildman–Crippen MR) is 126 cm³/mol. The van der Waals surface area contributed by atoms with Gasteiger partial charge in [-0.15, -0.1) is 0 Å². The van der Waals surface area contributed by atoms with Crippen molar-refractivity contribution in [1.82, 2.24) is 5.32 Å². The van der Waals surface area contributed by atoms with Gasteiger partial charge in [0.15, 0.2) is 11.5 Å². The summed E-state index contributed by atoms with van der Waals surface area (Å²) in [5.41, 5.74) is 2.49. The third-order valence-electron chi connectivity index (χ3n) is 8.55. The lowest BCUT2D eigenvalue weighted by Gasteiger charge is -2.61. The molecule has 4 saturated carbocycles. The van der Waals surface area contributed by atoms with Crippen molar-refractivity contribution in [3.8, 4) is 17.2 Å². The zero-order valence-electron chi connectivity index (χ0n) is 19.4. The van der Waals surface area contributed by atoms with E-state index in [0.29, 0.717) is 31.6 Å². The van der Waals surface area contributed by atoms with Crippen molar-refractivity contribution in [2.75, 3.05) is 26.9 Å². The van der Waals surface area contributed by atoms with Crippen molar-refractivity contribution < 1.29 is 19.0 Å². The van der Waals surface area contributed by atoms with E-state index in [4.69, 9.17) is 14.2 Å². The van der Waals surface area contributed by atoms with Gasteiger partial charge in [-0.25, -0.2) is 0 Å². The molecule has 1 aliphatic heterocycles. The van der Waals surface area contributed by atoms with Gasteiger partial charge in [0.05, 0.1) is 12.5 Å². The van der Waals surface area contributed by atoms with E-state index in [1.807, 2.05) is 12.1 Å². The molecule has 4 bridgehead atoms. The third kappa shape index (κ3) is 3.66. The smallest absolute Gasteiger partial charge is 0.226 e. The van der Waals surface area contributed by atoms with Crippen LogP contribution in [-0.2, 0) is 16.6 Å². The fraction of sp³-hybridized carbons (Fsp3) is 0.536. The van der Waals surface area contributed by atoms with Crippen LogP contribution >= 0.6 is 0 Å². The molecular formula is C28H33NO4. The van der Waals surface area contributed by atoms with Crippen molar-refractivity contribution in [1.29, 1.82) is 0 Å². The van der Waals surface area contributed by atoms with Gasteiger partial charge in [-0.3, -0.25) is 4.79 Å². The summed E-state index contributed by atoms with van der Waals surface area (Å²) in [6, 6.07) is 14.7. The minimum atomic E-state index is -0.211. The summed E-state index contributed by atoms with van der Waals surface area (Å²) in [6.07, 6.45) is 7.63. The van der Waals surface area contributed by atoms with E-state index in [2.05, 4.69) is 35.6 Å². The Bertz CT molecular complexity index is 1030. The molecule has 0 saturated heterocycles. The molecule has 2 aromatic rings. The van der Waals surface area contributed by atoms with Gasteiger partial charge >= 0.3 is 0 Å². The van der Waals surface area contributed by atoms with Crippen molar-refractivity contribution in [3.63, 3.8) is 0 Å². The molecule has 5 nitrogen and oxygen atoms in total. The van der Waals surface area contributed by atoms with Crippen molar-refractivity contribution in [2.24, 2.45) is 17.3 Å². The average molecular weight is 448 g/mol. The molecule has 33 heavy (non-hydrogen) atoms. The predicted octanol–water partition coefficient (Wildman–Crippen LogP) is 4.66. The number of hydrogen-bond acceptors (Lipinski definition) is 4. The largest absolute Gasteiger partial charge is 0.497 e. The zero-order valence-corrected chi connectivity index (χ0v) is 19.4. The number of methoxy groups -OCH3 is 1. The fourth-order valence-electron chi connectivity index (χ4n) is 7.56. The lowest BCUT2D eigenvalue weighted by atomic mass is 9.42. The second-order valence-electron chi connectivity index (χ2n) is 10.7. The highest BCUT2D eigenvalue weighted by atomic mass is 16.6. The van der Waals surface area contributed by atoms with Crippen molar-refractivity contribution in [2.45, 2.75) is 50.4 Å². The van der Waals surface area contributed by atoms with Crippen LogP contribution in [-0.4, -0.2) is 32.8 Å². The summed E-state index contributed by atoms with van der Waals surface area (Å²) in [5, 5.41) is 3.32. The lowest BCUT2D eigenvalue weighted by molar-refractivity contribution is -0.149. The molecule has 4 fully saturated rings. The number of benzene rings is 2. The molecule has 0 unspecified atom stereocenters. The van der Waals surface area contributed by atoms with E-state index in [0.717, 1.165) is 42.9 Å². The van der Waals surface area contributed by atoms with Crippen LogP contribution in [0, 0.1) is 17.3 Å². The molecule has 2 aromatic carbocycles. The standard InChI is InChI=1S/C28H33NO4/c1-31-23-5-3-22(4-6-23)27-14-20-12-21(15-27)17-28(16-20,18-27)26(30)29-9-8-19-2-7-24-25(13-19)33-11-10-32-24/h2-7,13,20-21H,8-12,14-18H2,1H3,(H,29,30)/t20-,21-,27?,28?/m0/s1. The Labute approximate surface area is 195 Å². The van der Waals surface area contributed by atoms with E-state index in [1.54, 1.807) is 7.11 Å². The lowest BCUT2D eigenvalue weighted by Crippen LogP contribution is -2.59. The number of nitrogens with one attached hydrogen (secondary N) is 1. The maximum Gasteiger partial charge on any atom is 0.226 e. The van der Waals surface area contributed by atoms with Gasteiger partial charge in [-0.1, -0.05) is 18.2 Å². The maximum atomic E-state index is 13.6. The van der Waals surface area contributed by atoms with Crippen molar-refractivity contribution >= 4 is 5.91 Å². The Morgan fingerprint density at radius 3 is 2.45 bits per heavy atom. The molecule has 4 aliphatic carbocycles. The molecule has 5 aliphatic rings. The third-order valence-corrected chi connectivity index (χ3v) is 8.55. The van der Waals surface area contributed by atoms with Gasteiger partial charge in [-0.2, -0.15) is 0 Å². The van der Waals surface area contributed by atoms with Gasteiger partial charge in [0.25, 0.3) is 0 Å². The van der Waals surface area contributed by atoms with Gasteiger partial charge in [0.1, 0.15) is 19.0 Å². The van der Waals surface area contributed by atoms with Crippen LogP contribution in [0.15, 0.2) is 42.5 Å². The van der Waals surface area contributed by atoms with Crippen LogP contribution in [0.4, 0.5) is 0 Å². The Kier molecular flexibility index (Phi) is 5.04. The van der Waals surface area contributed by atoms with Crippen LogP contribution < -0.4 is 19.5 Å². The van der Waals surface area contributed by atoms with E-state index in [-0.39, 0.29) is 16.7 Å². The summed E-state index contributed by atoms with van der Waals surface area (Å²) in [7, 11) is 1.71. The van der Waals surface area contributed by atoms with E-state index in [9.17, 15) is 4.79 Å². The number of carbonyl (C=O) groups is 1. The first-order valence-electron chi connectivity index (χ1n) is 12.4. The van der Waals surface area contributed by atoms with Crippen LogP contribution in [0.3, 0.4) is 0 Å². The first-order valence-corrected chi connectivity index (χ1v) is 12.4. The highest BCUT2D eigenvalue weighted by Gasteiger charge is 2.60.